The lowest BCUT2D eigenvalue weighted by Gasteiger charge is -2.15. The summed E-state index contributed by atoms with van der Waals surface area (Å²) in [4.78, 5) is 24.3. The van der Waals surface area contributed by atoms with Gasteiger partial charge in [-0.05, 0) is 45.1 Å². The first-order valence-corrected chi connectivity index (χ1v) is 8.31. The van der Waals surface area contributed by atoms with Crippen molar-refractivity contribution in [1.82, 2.24) is 24.9 Å². The standard InChI is InChI=1S/C17H23N5O2/c1-11-14(12(2)21(3)19-11)9-18-16(23)10-22-17(24)8-13-6-4-5-7-15(13)20-22/h8H,4-7,9-10H2,1-3H3,(H,18,23). The minimum Gasteiger partial charge on any atom is -0.350 e. The number of amides is 1. The first-order chi connectivity index (χ1) is 11.5. The third kappa shape index (κ3) is 3.25. The zero-order valence-electron chi connectivity index (χ0n) is 14.4. The first kappa shape index (κ1) is 16.4. The number of hydrogen-bond acceptors (Lipinski definition) is 4. The fraction of sp³-hybridized carbons (Fsp3) is 0.529. The van der Waals surface area contributed by atoms with E-state index in [0.29, 0.717) is 6.54 Å². The SMILES string of the molecule is Cc1nn(C)c(C)c1CNC(=O)Cn1nc2c(cc1=O)CCCC2. The van der Waals surface area contributed by atoms with Gasteiger partial charge in [0.15, 0.2) is 0 Å². The van der Waals surface area contributed by atoms with E-state index in [1.807, 2.05) is 20.9 Å². The number of nitrogens with one attached hydrogen (secondary N) is 1. The van der Waals surface area contributed by atoms with Crippen molar-refractivity contribution >= 4 is 5.91 Å². The van der Waals surface area contributed by atoms with Gasteiger partial charge in [0.05, 0.1) is 11.4 Å². The Morgan fingerprint density at radius 1 is 1.25 bits per heavy atom. The second-order valence-electron chi connectivity index (χ2n) is 6.37. The van der Waals surface area contributed by atoms with Gasteiger partial charge in [0.25, 0.3) is 5.56 Å². The molecule has 0 aliphatic heterocycles. The fourth-order valence-electron chi connectivity index (χ4n) is 3.17. The summed E-state index contributed by atoms with van der Waals surface area (Å²) in [6.07, 6.45) is 3.97. The molecule has 24 heavy (non-hydrogen) atoms. The summed E-state index contributed by atoms with van der Waals surface area (Å²) in [5, 5.41) is 11.6. The summed E-state index contributed by atoms with van der Waals surface area (Å²) in [5.74, 6) is -0.219. The molecule has 1 aliphatic carbocycles. The molecule has 128 valence electrons. The van der Waals surface area contributed by atoms with E-state index in [1.165, 1.54) is 4.68 Å². The van der Waals surface area contributed by atoms with E-state index in [2.05, 4.69) is 15.5 Å². The number of nitrogens with zero attached hydrogens (tertiary/aromatic N) is 4. The van der Waals surface area contributed by atoms with Crippen LogP contribution in [0.5, 0.6) is 0 Å². The molecule has 0 radical (unpaired) electrons. The van der Waals surface area contributed by atoms with Crippen molar-refractivity contribution in [2.75, 3.05) is 0 Å². The van der Waals surface area contributed by atoms with Gasteiger partial charge in [0.1, 0.15) is 6.54 Å². The van der Waals surface area contributed by atoms with E-state index < -0.39 is 0 Å². The van der Waals surface area contributed by atoms with E-state index in [1.54, 1.807) is 10.7 Å². The fourth-order valence-corrected chi connectivity index (χ4v) is 3.17. The first-order valence-electron chi connectivity index (χ1n) is 8.31. The van der Waals surface area contributed by atoms with Crippen LogP contribution >= 0.6 is 0 Å². The molecule has 0 aromatic carbocycles. The van der Waals surface area contributed by atoms with E-state index >= 15 is 0 Å². The van der Waals surface area contributed by atoms with Crippen molar-refractivity contribution < 1.29 is 4.79 Å². The second-order valence-corrected chi connectivity index (χ2v) is 6.37. The molecule has 2 heterocycles. The molecule has 0 unspecified atom stereocenters. The molecule has 7 heteroatoms. The highest BCUT2D eigenvalue weighted by Gasteiger charge is 2.15. The third-order valence-corrected chi connectivity index (χ3v) is 4.69. The smallest absolute Gasteiger partial charge is 0.267 e. The number of hydrogen-bond donors (Lipinski definition) is 1. The van der Waals surface area contributed by atoms with Crippen LogP contribution in [0.25, 0.3) is 0 Å². The zero-order valence-corrected chi connectivity index (χ0v) is 14.4. The van der Waals surface area contributed by atoms with Gasteiger partial charge >= 0.3 is 0 Å². The highest BCUT2D eigenvalue weighted by molar-refractivity contribution is 5.75. The Morgan fingerprint density at radius 2 is 2.00 bits per heavy atom. The highest BCUT2D eigenvalue weighted by atomic mass is 16.2. The molecule has 0 fully saturated rings. The van der Waals surface area contributed by atoms with E-state index in [4.69, 9.17) is 0 Å². The van der Waals surface area contributed by atoms with Crippen LogP contribution in [-0.4, -0.2) is 25.5 Å². The van der Waals surface area contributed by atoms with Gasteiger partial charge in [-0.3, -0.25) is 14.3 Å². The molecule has 0 saturated carbocycles. The Hall–Kier alpha value is -2.44. The number of carbonyl (C=O) groups excluding carboxylic acids is 1. The summed E-state index contributed by atoms with van der Waals surface area (Å²) in [6.45, 7) is 4.25. The van der Waals surface area contributed by atoms with Crippen LogP contribution < -0.4 is 10.9 Å². The molecule has 0 atom stereocenters. The summed E-state index contributed by atoms with van der Waals surface area (Å²) in [6, 6.07) is 1.63. The molecular weight excluding hydrogens is 306 g/mol. The second kappa shape index (κ2) is 6.59. The summed E-state index contributed by atoms with van der Waals surface area (Å²) < 4.78 is 3.06. The summed E-state index contributed by atoms with van der Waals surface area (Å²) in [7, 11) is 1.88. The maximum atomic E-state index is 12.2. The normalized spacial score (nSPS) is 13.6. The van der Waals surface area contributed by atoms with Gasteiger partial charge in [-0.2, -0.15) is 10.2 Å². The summed E-state index contributed by atoms with van der Waals surface area (Å²) in [5.41, 5.74) is 4.71. The quantitative estimate of drug-likeness (QED) is 0.899. The Labute approximate surface area is 140 Å². The monoisotopic (exact) mass is 329 g/mol. The van der Waals surface area contributed by atoms with E-state index in [-0.39, 0.29) is 18.0 Å². The molecule has 0 bridgehead atoms. The van der Waals surface area contributed by atoms with Gasteiger partial charge in [0, 0.05) is 30.9 Å². The third-order valence-electron chi connectivity index (χ3n) is 4.69. The molecule has 2 aromatic rings. The van der Waals surface area contributed by atoms with Crippen LogP contribution in [0, 0.1) is 13.8 Å². The predicted molar refractivity (Wildman–Crippen MR) is 89.7 cm³/mol. The number of fused-ring (bicyclic) bond motifs is 1. The molecule has 2 aromatic heterocycles. The van der Waals surface area contributed by atoms with Crippen LogP contribution in [0.4, 0.5) is 0 Å². The van der Waals surface area contributed by atoms with Crippen molar-refractivity contribution in [2.24, 2.45) is 7.05 Å². The van der Waals surface area contributed by atoms with Crippen molar-refractivity contribution in [1.29, 1.82) is 0 Å². The summed E-state index contributed by atoms with van der Waals surface area (Å²) >= 11 is 0. The van der Waals surface area contributed by atoms with Gasteiger partial charge in [-0.1, -0.05) is 0 Å². The highest BCUT2D eigenvalue weighted by Crippen LogP contribution is 2.16. The Bertz CT molecular complexity index is 834. The minimum atomic E-state index is -0.219. The maximum absolute atomic E-state index is 12.2. The van der Waals surface area contributed by atoms with E-state index in [9.17, 15) is 9.59 Å². The van der Waals surface area contributed by atoms with Crippen LogP contribution in [0.2, 0.25) is 0 Å². The van der Waals surface area contributed by atoms with Crippen LogP contribution in [0.15, 0.2) is 10.9 Å². The van der Waals surface area contributed by atoms with Crippen molar-refractivity contribution in [2.45, 2.75) is 52.6 Å². The molecule has 0 spiro atoms. The van der Waals surface area contributed by atoms with Crippen LogP contribution in [-0.2, 0) is 37.8 Å². The lowest BCUT2D eigenvalue weighted by atomic mass is 9.97. The average molecular weight is 329 g/mol. The molecule has 0 saturated heterocycles. The van der Waals surface area contributed by atoms with Gasteiger partial charge < -0.3 is 5.32 Å². The van der Waals surface area contributed by atoms with Crippen LogP contribution in [0.1, 0.15) is 41.1 Å². The Morgan fingerprint density at radius 3 is 2.71 bits per heavy atom. The largest absolute Gasteiger partial charge is 0.350 e. The molecule has 7 nitrogen and oxygen atoms in total. The predicted octanol–water partition coefficient (Wildman–Crippen LogP) is 0.789. The molecule has 1 amide bonds. The lowest BCUT2D eigenvalue weighted by Crippen LogP contribution is -2.34. The number of aromatic nitrogens is 4. The van der Waals surface area contributed by atoms with Gasteiger partial charge in [-0.15, -0.1) is 0 Å². The molecule has 1 aliphatic rings. The van der Waals surface area contributed by atoms with Crippen LogP contribution in [0.3, 0.4) is 0 Å². The topological polar surface area (TPSA) is 81.8 Å². The number of aryl methyl sites for hydroxylation is 4. The number of rotatable bonds is 4. The van der Waals surface area contributed by atoms with Crippen molar-refractivity contribution in [3.05, 3.63) is 44.6 Å². The van der Waals surface area contributed by atoms with Crippen molar-refractivity contribution in [3.63, 3.8) is 0 Å². The van der Waals surface area contributed by atoms with Crippen molar-refractivity contribution in [3.8, 4) is 0 Å². The van der Waals surface area contributed by atoms with Gasteiger partial charge in [0.2, 0.25) is 5.91 Å². The minimum absolute atomic E-state index is 0.0511. The maximum Gasteiger partial charge on any atom is 0.267 e. The molecular formula is C17H23N5O2. The lowest BCUT2D eigenvalue weighted by molar-refractivity contribution is -0.122. The number of carbonyl (C=O) groups is 1. The Balaban J connectivity index is 1.68. The van der Waals surface area contributed by atoms with Gasteiger partial charge in [-0.25, -0.2) is 4.68 Å². The zero-order chi connectivity index (χ0) is 17.3. The van der Waals surface area contributed by atoms with E-state index in [0.717, 1.165) is 53.9 Å². The molecule has 3 rings (SSSR count). The Kier molecular flexibility index (Phi) is 4.51. The molecule has 1 N–H and O–H groups in total. The average Bonchev–Trinajstić information content (AvgIpc) is 2.79.